The Labute approximate surface area is 79.1 Å². The van der Waals surface area contributed by atoms with Crippen LogP contribution in [0.1, 0.15) is 25.6 Å². The molecule has 0 bridgehead atoms. The van der Waals surface area contributed by atoms with Crippen LogP contribution in [-0.2, 0) is 7.05 Å². The lowest BCUT2D eigenvalue weighted by atomic mass is 9.81. The Balaban J connectivity index is 2.10. The quantitative estimate of drug-likeness (QED) is 0.742. The van der Waals surface area contributed by atoms with Crippen LogP contribution >= 0.6 is 0 Å². The number of rotatable bonds is 2. The molecule has 0 amide bonds. The van der Waals surface area contributed by atoms with Gasteiger partial charge in [0.2, 0.25) is 0 Å². The average molecular weight is 179 g/mol. The van der Waals surface area contributed by atoms with Crippen molar-refractivity contribution in [1.29, 1.82) is 0 Å². The molecule has 1 aromatic rings. The van der Waals surface area contributed by atoms with Gasteiger partial charge in [-0.05, 0) is 17.9 Å². The summed E-state index contributed by atoms with van der Waals surface area (Å²) in [5, 5.41) is 7.85. The lowest BCUT2D eigenvalue weighted by molar-refractivity contribution is 0.170. The highest BCUT2D eigenvalue weighted by molar-refractivity contribution is 5.11. The molecule has 2 atom stereocenters. The first kappa shape index (κ1) is 8.75. The predicted octanol–water partition coefficient (Wildman–Crippen LogP) is 1.34. The minimum Gasteiger partial charge on any atom is -0.308 e. The van der Waals surface area contributed by atoms with E-state index in [1.807, 2.05) is 17.9 Å². The van der Waals surface area contributed by atoms with Crippen LogP contribution in [-0.4, -0.2) is 16.3 Å². The van der Waals surface area contributed by atoms with Crippen molar-refractivity contribution in [3.8, 4) is 0 Å². The Bertz CT molecular complexity index is 290. The van der Waals surface area contributed by atoms with Gasteiger partial charge in [-0.1, -0.05) is 13.8 Å². The predicted molar refractivity (Wildman–Crippen MR) is 52.3 cm³/mol. The van der Waals surface area contributed by atoms with Crippen LogP contribution in [0.15, 0.2) is 12.3 Å². The highest BCUT2D eigenvalue weighted by Crippen LogP contribution is 2.33. The molecule has 1 aromatic heterocycles. The molecule has 13 heavy (non-hydrogen) atoms. The maximum Gasteiger partial charge on any atom is 0.0797 e. The second-order valence-corrected chi connectivity index (χ2v) is 4.21. The maximum atomic E-state index is 4.42. The second-order valence-electron chi connectivity index (χ2n) is 4.21. The fourth-order valence-electron chi connectivity index (χ4n) is 1.92. The van der Waals surface area contributed by atoms with E-state index in [0.717, 1.165) is 18.4 Å². The van der Waals surface area contributed by atoms with Crippen molar-refractivity contribution in [2.24, 2.45) is 18.9 Å². The Hall–Kier alpha value is -0.830. The molecule has 1 saturated heterocycles. The number of aryl methyl sites for hydroxylation is 1. The Morgan fingerprint density at radius 1 is 1.62 bits per heavy atom. The van der Waals surface area contributed by atoms with Gasteiger partial charge in [0.25, 0.3) is 0 Å². The summed E-state index contributed by atoms with van der Waals surface area (Å²) in [5.41, 5.74) is 1.19. The van der Waals surface area contributed by atoms with Gasteiger partial charge in [-0.25, -0.2) is 0 Å². The summed E-state index contributed by atoms with van der Waals surface area (Å²) in [6, 6.07) is 2.59. The number of hydrogen-bond donors (Lipinski definition) is 1. The highest BCUT2D eigenvalue weighted by atomic mass is 15.3. The van der Waals surface area contributed by atoms with E-state index >= 15 is 0 Å². The molecule has 2 heterocycles. The van der Waals surface area contributed by atoms with E-state index in [2.05, 4.69) is 30.3 Å². The van der Waals surface area contributed by atoms with Crippen LogP contribution in [0.3, 0.4) is 0 Å². The zero-order chi connectivity index (χ0) is 9.42. The van der Waals surface area contributed by atoms with Crippen molar-refractivity contribution in [1.82, 2.24) is 15.1 Å². The zero-order valence-electron chi connectivity index (χ0n) is 8.49. The number of hydrogen-bond acceptors (Lipinski definition) is 2. The van der Waals surface area contributed by atoms with Crippen molar-refractivity contribution in [2.45, 2.75) is 19.9 Å². The third-order valence-corrected chi connectivity index (χ3v) is 2.91. The highest BCUT2D eigenvalue weighted by Gasteiger charge is 2.34. The van der Waals surface area contributed by atoms with E-state index in [1.54, 1.807) is 0 Å². The normalized spacial score (nSPS) is 27.7. The molecule has 3 nitrogen and oxygen atoms in total. The third kappa shape index (κ3) is 1.48. The molecule has 1 fully saturated rings. The lowest BCUT2D eigenvalue weighted by Gasteiger charge is -2.39. The topological polar surface area (TPSA) is 29.9 Å². The summed E-state index contributed by atoms with van der Waals surface area (Å²) in [5.74, 6) is 1.50. The van der Waals surface area contributed by atoms with Crippen LogP contribution in [0.25, 0.3) is 0 Å². The first-order valence-electron chi connectivity index (χ1n) is 4.91. The number of aromatic nitrogens is 2. The minimum atomic E-state index is 0.487. The van der Waals surface area contributed by atoms with Gasteiger partial charge in [0.05, 0.1) is 11.7 Å². The molecule has 1 aliphatic heterocycles. The summed E-state index contributed by atoms with van der Waals surface area (Å²) in [6.45, 7) is 5.70. The first-order chi connectivity index (χ1) is 6.18. The number of nitrogens with one attached hydrogen (secondary N) is 1. The molecule has 0 spiro atoms. The Morgan fingerprint density at radius 2 is 2.38 bits per heavy atom. The van der Waals surface area contributed by atoms with Gasteiger partial charge in [0, 0.05) is 19.8 Å². The van der Waals surface area contributed by atoms with Crippen LogP contribution in [0.4, 0.5) is 0 Å². The molecule has 1 aliphatic rings. The molecule has 0 radical (unpaired) electrons. The Kier molecular flexibility index (Phi) is 2.12. The monoisotopic (exact) mass is 179 g/mol. The fraction of sp³-hybridized carbons (Fsp3) is 0.700. The van der Waals surface area contributed by atoms with Crippen LogP contribution in [0, 0.1) is 11.8 Å². The van der Waals surface area contributed by atoms with Gasteiger partial charge in [-0.2, -0.15) is 5.10 Å². The van der Waals surface area contributed by atoms with Gasteiger partial charge in [-0.3, -0.25) is 4.68 Å². The minimum absolute atomic E-state index is 0.487. The van der Waals surface area contributed by atoms with Crippen molar-refractivity contribution in [3.05, 3.63) is 18.0 Å². The molecule has 2 unspecified atom stereocenters. The molecule has 3 heteroatoms. The van der Waals surface area contributed by atoms with Crippen LogP contribution in [0.2, 0.25) is 0 Å². The van der Waals surface area contributed by atoms with E-state index in [-0.39, 0.29) is 0 Å². The summed E-state index contributed by atoms with van der Waals surface area (Å²) in [7, 11) is 1.96. The first-order valence-corrected chi connectivity index (χ1v) is 4.91. The summed E-state index contributed by atoms with van der Waals surface area (Å²) < 4.78 is 1.87. The van der Waals surface area contributed by atoms with E-state index in [1.165, 1.54) is 5.69 Å². The Morgan fingerprint density at radius 3 is 2.77 bits per heavy atom. The summed E-state index contributed by atoms with van der Waals surface area (Å²) >= 11 is 0. The molecule has 2 rings (SSSR count). The van der Waals surface area contributed by atoms with E-state index in [0.29, 0.717) is 6.04 Å². The SMILES string of the molecule is CC(C)C1CNC1c1ccn(C)n1. The van der Waals surface area contributed by atoms with Gasteiger partial charge < -0.3 is 5.32 Å². The van der Waals surface area contributed by atoms with Gasteiger partial charge in [-0.15, -0.1) is 0 Å². The molecule has 0 aromatic carbocycles. The maximum absolute atomic E-state index is 4.42. The molecule has 0 aliphatic carbocycles. The molecule has 0 saturated carbocycles. The van der Waals surface area contributed by atoms with Crippen molar-refractivity contribution in [2.75, 3.05) is 6.54 Å². The van der Waals surface area contributed by atoms with Gasteiger partial charge >= 0.3 is 0 Å². The van der Waals surface area contributed by atoms with Crippen molar-refractivity contribution >= 4 is 0 Å². The molecular weight excluding hydrogens is 162 g/mol. The van der Waals surface area contributed by atoms with E-state index < -0.39 is 0 Å². The van der Waals surface area contributed by atoms with E-state index in [9.17, 15) is 0 Å². The third-order valence-electron chi connectivity index (χ3n) is 2.91. The fourth-order valence-corrected chi connectivity index (χ4v) is 1.92. The van der Waals surface area contributed by atoms with Crippen LogP contribution < -0.4 is 5.32 Å². The summed E-state index contributed by atoms with van der Waals surface area (Å²) in [4.78, 5) is 0. The van der Waals surface area contributed by atoms with E-state index in [4.69, 9.17) is 0 Å². The van der Waals surface area contributed by atoms with Crippen molar-refractivity contribution in [3.63, 3.8) is 0 Å². The summed E-state index contributed by atoms with van der Waals surface area (Å²) in [6.07, 6.45) is 2.01. The molecule has 1 N–H and O–H groups in total. The average Bonchev–Trinajstić information content (AvgIpc) is 2.32. The number of nitrogens with zero attached hydrogens (tertiary/aromatic N) is 2. The lowest BCUT2D eigenvalue weighted by Crippen LogP contribution is -2.48. The van der Waals surface area contributed by atoms with Gasteiger partial charge in [0.1, 0.15) is 0 Å². The largest absolute Gasteiger partial charge is 0.308 e. The van der Waals surface area contributed by atoms with Crippen molar-refractivity contribution < 1.29 is 0 Å². The second kappa shape index (κ2) is 3.14. The molecular formula is C10H17N3. The molecule has 72 valence electrons. The van der Waals surface area contributed by atoms with Gasteiger partial charge in [0.15, 0.2) is 0 Å². The zero-order valence-corrected chi connectivity index (χ0v) is 8.49. The van der Waals surface area contributed by atoms with Crippen LogP contribution in [0.5, 0.6) is 0 Å². The smallest absolute Gasteiger partial charge is 0.0797 e. The standard InChI is InChI=1S/C10H17N3/c1-7(2)8-6-11-10(8)9-4-5-13(3)12-9/h4-5,7-8,10-11H,6H2,1-3H3.